The summed E-state index contributed by atoms with van der Waals surface area (Å²) in [6.45, 7) is 3.84. The maximum Gasteiger partial charge on any atom is 0.338 e. The number of hydrogen-bond acceptors (Lipinski definition) is 4. The number of benzene rings is 2. The number of hydrogen-bond donors (Lipinski definition) is 0. The third-order valence-electron chi connectivity index (χ3n) is 3.55. The van der Waals surface area contributed by atoms with Gasteiger partial charge in [0.05, 0.1) is 11.8 Å². The van der Waals surface area contributed by atoms with Gasteiger partial charge in [-0.3, -0.25) is 0 Å². The zero-order valence-corrected chi connectivity index (χ0v) is 13.1. The summed E-state index contributed by atoms with van der Waals surface area (Å²) in [6, 6.07) is 15.4. The molecule has 0 saturated heterocycles. The fourth-order valence-electron chi connectivity index (χ4n) is 2.27. The van der Waals surface area contributed by atoms with E-state index in [0.29, 0.717) is 17.2 Å². The van der Waals surface area contributed by atoms with Crippen LogP contribution in [0, 0.1) is 13.8 Å². The van der Waals surface area contributed by atoms with Crippen LogP contribution < -0.4 is 0 Å². The molecule has 0 aliphatic heterocycles. The van der Waals surface area contributed by atoms with Crippen molar-refractivity contribution in [2.45, 2.75) is 20.5 Å². The molecule has 1 aromatic heterocycles. The highest BCUT2D eigenvalue weighted by atomic mass is 16.5. The maximum absolute atomic E-state index is 12.2. The second kappa shape index (κ2) is 6.48. The average Bonchev–Trinajstić information content (AvgIpc) is 3.05. The van der Waals surface area contributed by atoms with Crippen molar-refractivity contribution in [2.75, 3.05) is 0 Å². The molecule has 116 valence electrons. The molecule has 0 spiro atoms. The molecule has 0 saturated carbocycles. The summed E-state index contributed by atoms with van der Waals surface area (Å²) in [4.78, 5) is 16.3. The highest BCUT2D eigenvalue weighted by molar-refractivity contribution is 5.91. The molecule has 2 aromatic carbocycles. The molecule has 4 nitrogen and oxygen atoms in total. The first kappa shape index (κ1) is 15.0. The third-order valence-corrected chi connectivity index (χ3v) is 3.55. The van der Waals surface area contributed by atoms with E-state index >= 15 is 0 Å². The molecular formula is C19H17NO3. The molecule has 0 unspecified atom stereocenters. The Bertz CT molecular complexity index is 822. The first-order valence-electron chi connectivity index (χ1n) is 7.38. The van der Waals surface area contributed by atoms with Gasteiger partial charge in [0.2, 0.25) is 5.89 Å². The normalized spacial score (nSPS) is 10.5. The maximum atomic E-state index is 12.2. The van der Waals surface area contributed by atoms with E-state index in [4.69, 9.17) is 9.15 Å². The van der Waals surface area contributed by atoms with E-state index in [1.165, 1.54) is 0 Å². The Balaban J connectivity index is 1.68. The van der Waals surface area contributed by atoms with Crippen LogP contribution in [0.3, 0.4) is 0 Å². The van der Waals surface area contributed by atoms with Gasteiger partial charge in [0, 0.05) is 5.56 Å². The Kier molecular flexibility index (Phi) is 4.24. The first-order chi connectivity index (χ1) is 11.1. The van der Waals surface area contributed by atoms with Gasteiger partial charge in [-0.2, -0.15) is 0 Å². The summed E-state index contributed by atoms with van der Waals surface area (Å²) in [5, 5.41) is 0. The van der Waals surface area contributed by atoms with Gasteiger partial charge in [-0.1, -0.05) is 48.0 Å². The van der Waals surface area contributed by atoms with Gasteiger partial charge < -0.3 is 9.15 Å². The van der Waals surface area contributed by atoms with E-state index in [-0.39, 0.29) is 12.6 Å². The monoisotopic (exact) mass is 307 g/mol. The molecule has 0 aliphatic rings. The fraction of sp³-hybridized carbons (Fsp3) is 0.158. The molecule has 4 heteroatoms. The van der Waals surface area contributed by atoms with Gasteiger partial charge >= 0.3 is 5.97 Å². The molecule has 0 radical (unpaired) electrons. The van der Waals surface area contributed by atoms with E-state index in [0.717, 1.165) is 16.7 Å². The van der Waals surface area contributed by atoms with Crippen molar-refractivity contribution in [2.24, 2.45) is 0 Å². The Labute approximate surface area is 134 Å². The molecule has 0 aliphatic carbocycles. The van der Waals surface area contributed by atoms with Crippen LogP contribution in [0.1, 0.15) is 27.4 Å². The summed E-state index contributed by atoms with van der Waals surface area (Å²) < 4.78 is 10.9. The number of rotatable bonds is 4. The molecule has 0 bridgehead atoms. The highest BCUT2D eigenvalue weighted by Crippen LogP contribution is 2.20. The summed E-state index contributed by atoms with van der Waals surface area (Å²) in [5.41, 5.74) is 3.41. The smallest absolute Gasteiger partial charge is 0.338 e. The highest BCUT2D eigenvalue weighted by Gasteiger charge is 2.13. The van der Waals surface area contributed by atoms with Crippen LogP contribution in [0.25, 0.3) is 11.3 Å². The van der Waals surface area contributed by atoms with Crippen LogP contribution in [-0.2, 0) is 11.3 Å². The number of oxazole rings is 1. The molecule has 0 amide bonds. The lowest BCUT2D eigenvalue weighted by molar-refractivity contribution is 0.0438. The molecule has 3 aromatic rings. The largest absolute Gasteiger partial charge is 0.452 e. The predicted octanol–water partition coefficient (Wildman–Crippen LogP) is 4.32. The molecule has 23 heavy (non-hydrogen) atoms. The Morgan fingerprint density at radius 2 is 1.91 bits per heavy atom. The van der Waals surface area contributed by atoms with Crippen LogP contribution in [0.5, 0.6) is 0 Å². The van der Waals surface area contributed by atoms with Crippen molar-refractivity contribution in [1.29, 1.82) is 0 Å². The second-order valence-electron chi connectivity index (χ2n) is 5.38. The Morgan fingerprint density at radius 1 is 1.13 bits per heavy atom. The quantitative estimate of drug-likeness (QED) is 0.674. The van der Waals surface area contributed by atoms with Gasteiger partial charge in [0.15, 0.2) is 12.4 Å². The number of aromatic nitrogens is 1. The average molecular weight is 307 g/mol. The molecule has 0 atom stereocenters. The van der Waals surface area contributed by atoms with Gasteiger partial charge in [-0.15, -0.1) is 0 Å². The van der Waals surface area contributed by atoms with Gasteiger partial charge in [0.1, 0.15) is 0 Å². The number of nitrogens with zero attached hydrogens (tertiary/aromatic N) is 1. The Morgan fingerprint density at radius 3 is 2.70 bits per heavy atom. The number of carbonyl (C=O) groups excluding carboxylic acids is 1. The topological polar surface area (TPSA) is 52.3 Å². The predicted molar refractivity (Wildman–Crippen MR) is 87.0 cm³/mol. The van der Waals surface area contributed by atoms with Crippen molar-refractivity contribution in [3.05, 3.63) is 77.3 Å². The van der Waals surface area contributed by atoms with Crippen molar-refractivity contribution in [1.82, 2.24) is 4.98 Å². The summed E-state index contributed by atoms with van der Waals surface area (Å²) in [7, 11) is 0. The molecule has 0 fully saturated rings. The fourth-order valence-corrected chi connectivity index (χ4v) is 2.27. The van der Waals surface area contributed by atoms with Crippen LogP contribution in [0.4, 0.5) is 0 Å². The van der Waals surface area contributed by atoms with Gasteiger partial charge in [-0.25, -0.2) is 9.78 Å². The minimum Gasteiger partial charge on any atom is -0.452 e. The number of aryl methyl sites for hydroxylation is 2. The van der Waals surface area contributed by atoms with Crippen molar-refractivity contribution >= 4 is 5.97 Å². The summed E-state index contributed by atoms with van der Waals surface area (Å²) >= 11 is 0. The zero-order valence-electron chi connectivity index (χ0n) is 13.1. The number of ether oxygens (including phenoxy) is 1. The lowest BCUT2D eigenvalue weighted by Gasteiger charge is -2.06. The Hall–Kier alpha value is -2.88. The SMILES string of the molecule is Cc1ccc(C)c(C(=O)OCc2ncc(-c3ccccc3)o2)c1. The van der Waals surface area contributed by atoms with E-state index in [2.05, 4.69) is 4.98 Å². The van der Waals surface area contributed by atoms with E-state index < -0.39 is 0 Å². The minimum absolute atomic E-state index is 0.0129. The lowest BCUT2D eigenvalue weighted by Crippen LogP contribution is -2.07. The van der Waals surface area contributed by atoms with Crippen molar-refractivity contribution in [3.8, 4) is 11.3 Å². The van der Waals surface area contributed by atoms with Crippen LogP contribution in [0.15, 0.2) is 59.1 Å². The van der Waals surface area contributed by atoms with Gasteiger partial charge in [-0.05, 0) is 25.5 Å². The minimum atomic E-state index is -0.370. The van der Waals surface area contributed by atoms with E-state index in [1.54, 1.807) is 6.20 Å². The molecular weight excluding hydrogens is 290 g/mol. The first-order valence-corrected chi connectivity index (χ1v) is 7.38. The second-order valence-corrected chi connectivity index (χ2v) is 5.38. The number of esters is 1. The number of carbonyl (C=O) groups is 1. The van der Waals surface area contributed by atoms with E-state index in [1.807, 2.05) is 62.4 Å². The standard InChI is InChI=1S/C19H17NO3/c1-13-8-9-14(2)16(10-13)19(21)22-12-18-20-11-17(23-18)15-6-4-3-5-7-15/h3-11H,12H2,1-2H3. The third kappa shape index (κ3) is 3.48. The van der Waals surface area contributed by atoms with Crippen molar-refractivity contribution < 1.29 is 13.9 Å². The van der Waals surface area contributed by atoms with Crippen LogP contribution in [0.2, 0.25) is 0 Å². The van der Waals surface area contributed by atoms with Gasteiger partial charge in [0.25, 0.3) is 0 Å². The molecule has 0 N–H and O–H groups in total. The molecule has 3 rings (SSSR count). The zero-order chi connectivity index (χ0) is 16.2. The van der Waals surface area contributed by atoms with Crippen LogP contribution in [-0.4, -0.2) is 11.0 Å². The summed E-state index contributed by atoms with van der Waals surface area (Å²) in [6.07, 6.45) is 1.64. The van der Waals surface area contributed by atoms with Crippen molar-refractivity contribution in [3.63, 3.8) is 0 Å². The molecule has 1 heterocycles. The van der Waals surface area contributed by atoms with E-state index in [9.17, 15) is 4.79 Å². The van der Waals surface area contributed by atoms with Crippen LogP contribution >= 0.6 is 0 Å². The lowest BCUT2D eigenvalue weighted by atomic mass is 10.1. The summed E-state index contributed by atoms with van der Waals surface area (Å²) in [5.74, 6) is 0.663.